The summed E-state index contributed by atoms with van der Waals surface area (Å²) < 4.78 is 18.8. The van der Waals surface area contributed by atoms with Gasteiger partial charge in [0.1, 0.15) is 0 Å². The second-order valence-electron chi connectivity index (χ2n) is 5.85. The number of hydrogen-bond donors (Lipinski definition) is 1. The average Bonchev–Trinajstić information content (AvgIpc) is 3.15. The van der Waals surface area contributed by atoms with Crippen molar-refractivity contribution in [2.45, 2.75) is 31.7 Å². The van der Waals surface area contributed by atoms with E-state index in [4.69, 9.17) is 4.74 Å². The number of benzene rings is 1. The topological polar surface area (TPSA) is 21.3 Å². The van der Waals surface area contributed by atoms with Crippen molar-refractivity contribution in [3.8, 4) is 5.75 Å². The molecule has 19 heavy (non-hydrogen) atoms. The maximum Gasteiger partial charge on any atom is 0.165 e. The van der Waals surface area contributed by atoms with E-state index in [1.54, 1.807) is 12.1 Å². The standard InChI is InChI=1S/C16H22FNO/c1-18-16(15-11-5-3-4-6-12(11)15)10-7-8-14(19-2)13(17)9-10/h7-9,11-12,15-16,18H,3-6H2,1-2H3. The maximum absolute atomic E-state index is 13.8. The van der Waals surface area contributed by atoms with Crippen LogP contribution in [0.3, 0.4) is 0 Å². The molecule has 0 radical (unpaired) electrons. The molecule has 1 aromatic carbocycles. The molecular formula is C16H22FNO. The molecule has 0 bridgehead atoms. The van der Waals surface area contributed by atoms with Crippen LogP contribution in [-0.2, 0) is 0 Å². The lowest BCUT2D eigenvalue weighted by Crippen LogP contribution is -2.20. The van der Waals surface area contributed by atoms with Gasteiger partial charge in [0.15, 0.2) is 11.6 Å². The molecule has 0 aromatic heterocycles. The van der Waals surface area contributed by atoms with Crippen molar-refractivity contribution >= 4 is 0 Å². The molecule has 2 aliphatic carbocycles. The number of hydrogen-bond acceptors (Lipinski definition) is 2. The molecule has 0 saturated heterocycles. The molecule has 3 rings (SSSR count). The number of rotatable bonds is 4. The van der Waals surface area contributed by atoms with Gasteiger partial charge in [-0.2, -0.15) is 0 Å². The third kappa shape index (κ3) is 2.25. The molecule has 3 unspecified atom stereocenters. The van der Waals surface area contributed by atoms with Crippen LogP contribution in [0, 0.1) is 23.6 Å². The minimum absolute atomic E-state index is 0.260. The molecule has 0 heterocycles. The highest BCUT2D eigenvalue weighted by molar-refractivity contribution is 5.32. The molecule has 1 N–H and O–H groups in total. The number of nitrogens with one attached hydrogen (secondary N) is 1. The number of ether oxygens (including phenoxy) is 1. The molecular weight excluding hydrogens is 241 g/mol. The summed E-state index contributed by atoms with van der Waals surface area (Å²) in [6.07, 6.45) is 5.44. The highest BCUT2D eigenvalue weighted by Crippen LogP contribution is 2.60. The maximum atomic E-state index is 13.8. The molecule has 2 fully saturated rings. The van der Waals surface area contributed by atoms with Gasteiger partial charge < -0.3 is 10.1 Å². The van der Waals surface area contributed by atoms with E-state index >= 15 is 0 Å². The van der Waals surface area contributed by atoms with Crippen LogP contribution < -0.4 is 10.1 Å². The molecule has 104 valence electrons. The number of methoxy groups -OCH3 is 1. The summed E-state index contributed by atoms with van der Waals surface area (Å²) >= 11 is 0. The molecule has 0 spiro atoms. The fourth-order valence-corrected chi connectivity index (χ4v) is 4.00. The normalized spacial score (nSPS) is 30.6. The van der Waals surface area contributed by atoms with Gasteiger partial charge in [-0.05, 0) is 55.3 Å². The Bertz CT molecular complexity index is 450. The van der Waals surface area contributed by atoms with Gasteiger partial charge in [0.05, 0.1) is 7.11 Å². The fraction of sp³-hybridized carbons (Fsp3) is 0.625. The fourth-order valence-electron chi connectivity index (χ4n) is 4.00. The second-order valence-corrected chi connectivity index (χ2v) is 5.85. The zero-order valence-electron chi connectivity index (χ0n) is 11.7. The van der Waals surface area contributed by atoms with Crippen LogP contribution in [0.4, 0.5) is 4.39 Å². The lowest BCUT2D eigenvalue weighted by Gasteiger charge is -2.18. The Morgan fingerprint density at radius 2 is 1.95 bits per heavy atom. The number of fused-ring (bicyclic) bond motifs is 1. The smallest absolute Gasteiger partial charge is 0.165 e. The first-order valence-electron chi connectivity index (χ1n) is 7.27. The molecule has 1 aromatic rings. The van der Waals surface area contributed by atoms with E-state index in [2.05, 4.69) is 5.32 Å². The van der Waals surface area contributed by atoms with Crippen LogP contribution in [0.15, 0.2) is 18.2 Å². The first-order valence-corrected chi connectivity index (χ1v) is 7.27. The third-order valence-electron chi connectivity index (χ3n) is 4.95. The van der Waals surface area contributed by atoms with Crippen molar-refractivity contribution < 1.29 is 9.13 Å². The van der Waals surface area contributed by atoms with Gasteiger partial charge in [0.25, 0.3) is 0 Å². The molecule has 0 aliphatic heterocycles. The average molecular weight is 263 g/mol. The zero-order valence-corrected chi connectivity index (χ0v) is 11.7. The quantitative estimate of drug-likeness (QED) is 0.897. The Hall–Kier alpha value is -1.09. The van der Waals surface area contributed by atoms with E-state index < -0.39 is 0 Å². The lowest BCUT2D eigenvalue weighted by molar-refractivity contribution is 0.384. The van der Waals surface area contributed by atoms with E-state index in [0.29, 0.717) is 11.7 Å². The molecule has 3 atom stereocenters. The predicted octanol–water partition coefficient (Wildman–Crippen LogP) is 3.53. The van der Waals surface area contributed by atoms with Crippen molar-refractivity contribution in [3.63, 3.8) is 0 Å². The number of halogens is 1. The van der Waals surface area contributed by atoms with Gasteiger partial charge in [-0.1, -0.05) is 18.9 Å². The van der Waals surface area contributed by atoms with Gasteiger partial charge in [-0.25, -0.2) is 4.39 Å². The van der Waals surface area contributed by atoms with Gasteiger partial charge in [-0.15, -0.1) is 0 Å². The van der Waals surface area contributed by atoms with Crippen LogP contribution in [-0.4, -0.2) is 14.2 Å². The molecule has 3 heteroatoms. The second kappa shape index (κ2) is 5.12. The van der Waals surface area contributed by atoms with Gasteiger partial charge in [0.2, 0.25) is 0 Å². The van der Waals surface area contributed by atoms with Gasteiger partial charge >= 0.3 is 0 Å². The first kappa shape index (κ1) is 12.9. The van der Waals surface area contributed by atoms with E-state index in [1.165, 1.54) is 32.8 Å². The summed E-state index contributed by atoms with van der Waals surface area (Å²) in [7, 11) is 3.49. The molecule has 2 saturated carbocycles. The summed E-state index contributed by atoms with van der Waals surface area (Å²) in [4.78, 5) is 0. The van der Waals surface area contributed by atoms with Crippen molar-refractivity contribution in [1.29, 1.82) is 0 Å². The van der Waals surface area contributed by atoms with Gasteiger partial charge in [-0.3, -0.25) is 0 Å². The summed E-state index contributed by atoms with van der Waals surface area (Å²) in [6.45, 7) is 0. The minimum atomic E-state index is -0.260. The van der Waals surface area contributed by atoms with Crippen LogP contribution in [0.5, 0.6) is 5.75 Å². The Balaban J connectivity index is 1.81. The minimum Gasteiger partial charge on any atom is -0.494 e. The summed E-state index contributed by atoms with van der Waals surface area (Å²) in [6, 6.07) is 5.65. The van der Waals surface area contributed by atoms with Crippen molar-refractivity contribution in [2.24, 2.45) is 17.8 Å². The van der Waals surface area contributed by atoms with E-state index in [-0.39, 0.29) is 11.9 Å². The predicted molar refractivity (Wildman–Crippen MR) is 73.7 cm³/mol. The highest BCUT2D eigenvalue weighted by Gasteiger charge is 2.54. The van der Waals surface area contributed by atoms with Gasteiger partial charge in [0, 0.05) is 6.04 Å². The monoisotopic (exact) mass is 263 g/mol. The Labute approximate surface area is 114 Å². The van der Waals surface area contributed by atoms with Crippen LogP contribution in [0.25, 0.3) is 0 Å². The van der Waals surface area contributed by atoms with Crippen molar-refractivity contribution in [3.05, 3.63) is 29.6 Å². The largest absolute Gasteiger partial charge is 0.494 e. The molecule has 2 aliphatic rings. The Morgan fingerprint density at radius 1 is 1.26 bits per heavy atom. The summed E-state index contributed by atoms with van der Waals surface area (Å²) in [5.41, 5.74) is 1.06. The molecule has 2 nitrogen and oxygen atoms in total. The Kier molecular flexibility index (Phi) is 3.48. The van der Waals surface area contributed by atoms with Crippen LogP contribution in [0.2, 0.25) is 0 Å². The van der Waals surface area contributed by atoms with E-state index in [0.717, 1.165) is 17.4 Å². The lowest BCUT2D eigenvalue weighted by atomic mass is 9.99. The molecule has 0 amide bonds. The SMILES string of the molecule is CNC(c1ccc(OC)c(F)c1)C1C2CCCCC21. The third-order valence-corrected chi connectivity index (χ3v) is 4.95. The summed E-state index contributed by atoms with van der Waals surface area (Å²) in [5, 5.41) is 3.39. The van der Waals surface area contributed by atoms with E-state index in [1.807, 2.05) is 13.1 Å². The first-order chi connectivity index (χ1) is 9.26. The highest BCUT2D eigenvalue weighted by atomic mass is 19.1. The summed E-state index contributed by atoms with van der Waals surface area (Å²) in [5.74, 6) is 2.48. The van der Waals surface area contributed by atoms with Crippen LogP contribution >= 0.6 is 0 Å². The Morgan fingerprint density at radius 3 is 2.47 bits per heavy atom. The zero-order chi connectivity index (χ0) is 13.4. The van der Waals surface area contributed by atoms with E-state index in [9.17, 15) is 4.39 Å². The van der Waals surface area contributed by atoms with Crippen molar-refractivity contribution in [2.75, 3.05) is 14.2 Å². The van der Waals surface area contributed by atoms with Crippen LogP contribution in [0.1, 0.15) is 37.3 Å². The van der Waals surface area contributed by atoms with Crippen molar-refractivity contribution in [1.82, 2.24) is 5.32 Å².